The molecule has 0 saturated heterocycles. The van der Waals surface area contributed by atoms with Crippen LogP contribution in [0.25, 0.3) is 0 Å². The van der Waals surface area contributed by atoms with Crippen LogP contribution in [0, 0.1) is 0 Å². The predicted molar refractivity (Wildman–Crippen MR) is 86.5 cm³/mol. The lowest BCUT2D eigenvalue weighted by atomic mass is 10.1. The average Bonchev–Trinajstić information content (AvgIpc) is 2.46. The van der Waals surface area contributed by atoms with Crippen LogP contribution in [0.1, 0.15) is 35.0 Å². The first-order valence-electron chi connectivity index (χ1n) is 6.66. The summed E-state index contributed by atoms with van der Waals surface area (Å²) in [4.78, 5) is 16.3. The number of hydrogen-bond acceptors (Lipinski definition) is 3. The molecule has 2 aromatic rings. The minimum atomic E-state index is -0.389. The molecule has 2 rings (SSSR count). The number of hydrogen-bond donors (Lipinski definition) is 0. The molecule has 0 spiro atoms. The molecule has 0 saturated carbocycles. The summed E-state index contributed by atoms with van der Waals surface area (Å²) in [7, 11) is 0. The Bertz CT molecular complexity index is 629. The van der Waals surface area contributed by atoms with Crippen LogP contribution in [0.5, 0.6) is 0 Å². The van der Waals surface area contributed by atoms with E-state index in [1.165, 1.54) is 6.07 Å². The van der Waals surface area contributed by atoms with Gasteiger partial charge in [0.2, 0.25) is 0 Å². The van der Waals surface area contributed by atoms with E-state index < -0.39 is 0 Å². The third kappa shape index (κ3) is 4.83. The van der Waals surface area contributed by atoms with Crippen LogP contribution in [0.4, 0.5) is 0 Å². The lowest BCUT2D eigenvalue weighted by Crippen LogP contribution is -2.07. The minimum Gasteiger partial charge on any atom is -0.457 e. The fourth-order valence-electron chi connectivity index (χ4n) is 1.87. The summed E-state index contributed by atoms with van der Waals surface area (Å²) in [5.74, 6) is -0.389. The molecular weight excluding hydrogens is 354 g/mol. The zero-order chi connectivity index (χ0) is 15.2. The Morgan fingerprint density at radius 3 is 2.67 bits per heavy atom. The molecule has 110 valence electrons. The van der Waals surface area contributed by atoms with Gasteiger partial charge >= 0.3 is 5.97 Å². The van der Waals surface area contributed by atoms with Crippen molar-refractivity contribution in [3.63, 3.8) is 0 Å². The van der Waals surface area contributed by atoms with Gasteiger partial charge in [-0.2, -0.15) is 0 Å². The second kappa shape index (κ2) is 7.57. The normalized spacial score (nSPS) is 10.4. The van der Waals surface area contributed by atoms with Crippen molar-refractivity contribution in [2.24, 2.45) is 0 Å². The smallest absolute Gasteiger partial charge is 0.338 e. The highest BCUT2D eigenvalue weighted by atomic mass is 79.9. The van der Waals surface area contributed by atoms with Gasteiger partial charge in [-0.05, 0) is 36.2 Å². The second-order valence-electron chi connectivity index (χ2n) is 4.62. The number of halogens is 2. The Balaban J connectivity index is 2.04. The lowest BCUT2D eigenvalue weighted by molar-refractivity contribution is 0.0472. The number of carbonyl (C=O) groups excluding carboxylic acids is 1. The molecule has 0 radical (unpaired) electrons. The lowest BCUT2D eigenvalue weighted by Gasteiger charge is -2.07. The summed E-state index contributed by atoms with van der Waals surface area (Å²) >= 11 is 9.30. The number of pyridine rings is 1. The first-order chi connectivity index (χ1) is 10.1. The summed E-state index contributed by atoms with van der Waals surface area (Å²) < 4.78 is 6.29. The van der Waals surface area contributed by atoms with E-state index in [0.717, 1.165) is 28.6 Å². The van der Waals surface area contributed by atoms with Gasteiger partial charge in [0.25, 0.3) is 0 Å². The molecule has 0 amide bonds. The van der Waals surface area contributed by atoms with E-state index in [1.54, 1.807) is 6.07 Å². The van der Waals surface area contributed by atoms with Crippen LogP contribution < -0.4 is 0 Å². The molecule has 1 aromatic heterocycles. The quantitative estimate of drug-likeness (QED) is 0.562. The van der Waals surface area contributed by atoms with Gasteiger partial charge in [-0.25, -0.2) is 9.78 Å². The number of carbonyl (C=O) groups is 1. The Kier molecular flexibility index (Phi) is 5.76. The summed E-state index contributed by atoms with van der Waals surface area (Å²) in [6, 6.07) is 10.9. The molecule has 0 aliphatic carbocycles. The molecule has 1 heterocycles. The van der Waals surface area contributed by atoms with Gasteiger partial charge in [0, 0.05) is 10.2 Å². The molecule has 0 N–H and O–H groups in total. The minimum absolute atomic E-state index is 0.231. The Labute approximate surface area is 137 Å². The maximum absolute atomic E-state index is 12.1. The highest BCUT2D eigenvalue weighted by Gasteiger charge is 2.11. The van der Waals surface area contributed by atoms with Gasteiger partial charge in [-0.15, -0.1) is 0 Å². The van der Waals surface area contributed by atoms with E-state index >= 15 is 0 Å². The maximum Gasteiger partial charge on any atom is 0.338 e. The number of aromatic nitrogens is 1. The highest BCUT2D eigenvalue weighted by Crippen LogP contribution is 2.15. The first kappa shape index (κ1) is 16.0. The average molecular weight is 369 g/mol. The molecule has 0 fully saturated rings. The van der Waals surface area contributed by atoms with Gasteiger partial charge in [0.1, 0.15) is 11.8 Å². The fraction of sp³-hybridized carbons (Fsp3) is 0.250. The summed E-state index contributed by atoms with van der Waals surface area (Å²) in [5, 5.41) is 0.316. The first-order valence-corrected chi connectivity index (χ1v) is 7.83. The van der Waals surface area contributed by atoms with Gasteiger partial charge in [-0.3, -0.25) is 0 Å². The monoisotopic (exact) mass is 367 g/mol. The van der Waals surface area contributed by atoms with Crippen molar-refractivity contribution in [2.75, 3.05) is 0 Å². The number of esters is 1. The number of aryl methyl sites for hydroxylation is 1. The van der Waals surface area contributed by atoms with E-state index in [0.29, 0.717) is 10.7 Å². The van der Waals surface area contributed by atoms with Gasteiger partial charge in [0.15, 0.2) is 0 Å². The van der Waals surface area contributed by atoms with Crippen molar-refractivity contribution in [3.8, 4) is 0 Å². The molecule has 0 aliphatic rings. The van der Waals surface area contributed by atoms with Crippen LogP contribution in [0.2, 0.25) is 5.15 Å². The van der Waals surface area contributed by atoms with Gasteiger partial charge in [-0.1, -0.05) is 53.0 Å². The number of rotatable bonds is 5. The molecule has 0 atom stereocenters. The molecule has 0 aliphatic heterocycles. The van der Waals surface area contributed by atoms with Gasteiger partial charge < -0.3 is 4.74 Å². The standard InChI is InChI=1S/C16H15BrClNO2/c1-2-3-14-8-12(9-15(18)19-14)16(20)21-10-11-4-6-13(17)7-5-11/h4-9H,2-3,10H2,1H3. The molecule has 0 bridgehead atoms. The number of ether oxygens (including phenoxy) is 1. The largest absolute Gasteiger partial charge is 0.457 e. The highest BCUT2D eigenvalue weighted by molar-refractivity contribution is 9.10. The summed E-state index contributed by atoms with van der Waals surface area (Å²) in [5.41, 5.74) is 2.18. The number of nitrogens with zero attached hydrogens (tertiary/aromatic N) is 1. The molecule has 0 unspecified atom stereocenters. The second-order valence-corrected chi connectivity index (χ2v) is 5.93. The zero-order valence-electron chi connectivity index (χ0n) is 11.6. The summed E-state index contributed by atoms with van der Waals surface area (Å²) in [6.07, 6.45) is 1.73. The Hall–Kier alpha value is -1.39. The SMILES string of the molecule is CCCc1cc(C(=O)OCc2ccc(Br)cc2)cc(Cl)n1. The van der Waals surface area contributed by atoms with E-state index in [1.807, 2.05) is 31.2 Å². The van der Waals surface area contributed by atoms with Crippen molar-refractivity contribution < 1.29 is 9.53 Å². The summed E-state index contributed by atoms with van der Waals surface area (Å²) in [6.45, 7) is 2.28. The molecule has 3 nitrogen and oxygen atoms in total. The van der Waals surface area contributed by atoms with E-state index in [2.05, 4.69) is 20.9 Å². The van der Waals surface area contributed by atoms with E-state index in [4.69, 9.17) is 16.3 Å². The van der Waals surface area contributed by atoms with Crippen molar-refractivity contribution >= 4 is 33.5 Å². The Morgan fingerprint density at radius 1 is 1.29 bits per heavy atom. The van der Waals surface area contributed by atoms with Crippen LogP contribution in [-0.4, -0.2) is 11.0 Å². The van der Waals surface area contributed by atoms with Crippen molar-refractivity contribution in [1.82, 2.24) is 4.98 Å². The fourth-order valence-corrected chi connectivity index (χ4v) is 2.36. The topological polar surface area (TPSA) is 39.2 Å². The van der Waals surface area contributed by atoms with Crippen LogP contribution in [-0.2, 0) is 17.8 Å². The number of benzene rings is 1. The maximum atomic E-state index is 12.1. The third-order valence-corrected chi connectivity index (χ3v) is 3.59. The van der Waals surface area contributed by atoms with Crippen LogP contribution in [0.15, 0.2) is 40.9 Å². The molecule has 21 heavy (non-hydrogen) atoms. The molecule has 5 heteroatoms. The third-order valence-electron chi connectivity index (χ3n) is 2.87. The molecule has 1 aromatic carbocycles. The van der Waals surface area contributed by atoms with Crippen LogP contribution in [0.3, 0.4) is 0 Å². The van der Waals surface area contributed by atoms with Crippen molar-refractivity contribution in [1.29, 1.82) is 0 Å². The predicted octanol–water partition coefficient (Wildman–Crippen LogP) is 4.81. The van der Waals surface area contributed by atoms with Gasteiger partial charge in [0.05, 0.1) is 5.56 Å². The zero-order valence-corrected chi connectivity index (χ0v) is 13.9. The van der Waals surface area contributed by atoms with E-state index in [9.17, 15) is 4.79 Å². The molecular formula is C16H15BrClNO2. The van der Waals surface area contributed by atoms with Crippen LogP contribution >= 0.6 is 27.5 Å². The Morgan fingerprint density at radius 2 is 2.00 bits per heavy atom. The van der Waals surface area contributed by atoms with E-state index in [-0.39, 0.29) is 12.6 Å². The van der Waals surface area contributed by atoms with Crippen molar-refractivity contribution in [2.45, 2.75) is 26.4 Å². The van der Waals surface area contributed by atoms with Crippen molar-refractivity contribution in [3.05, 3.63) is 62.8 Å².